The van der Waals surface area contributed by atoms with E-state index >= 15 is 0 Å². The number of hydrogen-bond donors (Lipinski definition) is 3. The molecule has 0 unspecified atom stereocenters. The first-order valence-corrected chi connectivity index (χ1v) is 9.35. The summed E-state index contributed by atoms with van der Waals surface area (Å²) in [5.41, 5.74) is 0.822. The molecule has 3 N–H and O–H groups in total. The van der Waals surface area contributed by atoms with E-state index < -0.39 is 10.0 Å². The highest BCUT2D eigenvalue weighted by Crippen LogP contribution is 2.15. The average molecular weight is 370 g/mol. The number of nitrogens with zero attached hydrogens (tertiary/aromatic N) is 2. The molecule has 1 aromatic carbocycles. The van der Waals surface area contributed by atoms with E-state index in [4.69, 9.17) is 11.6 Å². The lowest BCUT2D eigenvalue weighted by atomic mass is 10.4. The molecule has 2 rings (SSSR count). The van der Waals surface area contributed by atoms with Crippen molar-refractivity contribution in [1.82, 2.24) is 14.7 Å². The van der Waals surface area contributed by atoms with Gasteiger partial charge in [-0.05, 0) is 32.0 Å². The van der Waals surface area contributed by atoms with Crippen molar-refractivity contribution < 1.29 is 8.42 Å². The van der Waals surface area contributed by atoms with Crippen LogP contribution in [-0.4, -0.2) is 38.0 Å². The molecular weight excluding hydrogens is 350 g/mol. The fourth-order valence-corrected chi connectivity index (χ4v) is 3.32. The molecule has 1 aromatic heterocycles. The van der Waals surface area contributed by atoms with Crippen LogP contribution in [0.2, 0.25) is 5.02 Å². The van der Waals surface area contributed by atoms with Crippen molar-refractivity contribution in [1.29, 1.82) is 0 Å². The number of aryl methyl sites for hydroxylation is 1. The second-order valence-electron chi connectivity index (χ2n) is 5.03. The van der Waals surface area contributed by atoms with Crippen LogP contribution >= 0.6 is 11.6 Å². The summed E-state index contributed by atoms with van der Waals surface area (Å²) < 4.78 is 26.8. The second kappa shape index (κ2) is 8.27. The van der Waals surface area contributed by atoms with E-state index in [-0.39, 0.29) is 11.4 Å². The molecule has 130 valence electrons. The predicted molar refractivity (Wildman–Crippen MR) is 96.1 cm³/mol. The SMILES string of the molecule is CCNc1nc(C)cc(NCCNS(=O)(=O)c2cccc(Cl)c2)n1. The Morgan fingerprint density at radius 1 is 1.12 bits per heavy atom. The highest BCUT2D eigenvalue weighted by atomic mass is 35.5. The number of rotatable bonds is 8. The van der Waals surface area contributed by atoms with E-state index in [1.165, 1.54) is 12.1 Å². The van der Waals surface area contributed by atoms with Crippen LogP contribution in [0.5, 0.6) is 0 Å². The first-order chi connectivity index (χ1) is 11.4. The van der Waals surface area contributed by atoms with Crippen LogP contribution in [0.1, 0.15) is 12.6 Å². The van der Waals surface area contributed by atoms with Crippen molar-refractivity contribution in [2.75, 3.05) is 30.3 Å². The summed E-state index contributed by atoms with van der Waals surface area (Å²) in [5.74, 6) is 1.18. The van der Waals surface area contributed by atoms with Crippen LogP contribution in [-0.2, 0) is 10.0 Å². The van der Waals surface area contributed by atoms with Crippen LogP contribution in [0.3, 0.4) is 0 Å². The lowest BCUT2D eigenvalue weighted by molar-refractivity contribution is 0.583. The summed E-state index contributed by atoms with van der Waals surface area (Å²) in [6.45, 7) is 5.16. The molecule has 0 bridgehead atoms. The molecule has 0 atom stereocenters. The lowest BCUT2D eigenvalue weighted by Gasteiger charge is -2.10. The van der Waals surface area contributed by atoms with Gasteiger partial charge in [0.05, 0.1) is 4.90 Å². The molecule has 7 nitrogen and oxygen atoms in total. The maximum absolute atomic E-state index is 12.2. The topological polar surface area (TPSA) is 96.0 Å². The Labute approximate surface area is 146 Å². The highest BCUT2D eigenvalue weighted by molar-refractivity contribution is 7.89. The molecule has 1 heterocycles. The van der Waals surface area contributed by atoms with Gasteiger partial charge in [-0.3, -0.25) is 0 Å². The van der Waals surface area contributed by atoms with Crippen LogP contribution in [0.15, 0.2) is 35.2 Å². The first-order valence-electron chi connectivity index (χ1n) is 7.49. The monoisotopic (exact) mass is 369 g/mol. The van der Waals surface area contributed by atoms with Gasteiger partial charge >= 0.3 is 0 Å². The van der Waals surface area contributed by atoms with Crippen molar-refractivity contribution in [3.05, 3.63) is 41.0 Å². The Morgan fingerprint density at radius 2 is 1.92 bits per heavy atom. The zero-order chi connectivity index (χ0) is 17.6. The van der Waals surface area contributed by atoms with E-state index in [0.29, 0.717) is 23.3 Å². The quantitative estimate of drug-likeness (QED) is 0.618. The van der Waals surface area contributed by atoms with Gasteiger partial charge in [-0.1, -0.05) is 17.7 Å². The first kappa shape index (κ1) is 18.4. The minimum absolute atomic E-state index is 0.141. The molecule has 24 heavy (non-hydrogen) atoms. The van der Waals surface area contributed by atoms with Crippen LogP contribution < -0.4 is 15.4 Å². The maximum Gasteiger partial charge on any atom is 0.240 e. The fourth-order valence-electron chi connectivity index (χ4n) is 1.99. The van der Waals surface area contributed by atoms with Crippen molar-refractivity contribution >= 4 is 33.4 Å². The van der Waals surface area contributed by atoms with Crippen molar-refractivity contribution in [2.45, 2.75) is 18.7 Å². The van der Waals surface area contributed by atoms with Gasteiger partial charge in [0, 0.05) is 36.4 Å². The van der Waals surface area contributed by atoms with Crippen LogP contribution in [0, 0.1) is 6.92 Å². The van der Waals surface area contributed by atoms with Gasteiger partial charge in [-0.2, -0.15) is 4.98 Å². The molecule has 0 aliphatic heterocycles. The van der Waals surface area contributed by atoms with E-state index in [9.17, 15) is 8.42 Å². The van der Waals surface area contributed by atoms with Gasteiger partial charge < -0.3 is 10.6 Å². The van der Waals surface area contributed by atoms with Gasteiger partial charge in [0.15, 0.2) is 0 Å². The van der Waals surface area contributed by atoms with E-state index in [1.54, 1.807) is 18.2 Å². The summed E-state index contributed by atoms with van der Waals surface area (Å²) in [4.78, 5) is 8.69. The van der Waals surface area contributed by atoms with Crippen LogP contribution in [0.25, 0.3) is 0 Å². The van der Waals surface area contributed by atoms with Crippen molar-refractivity contribution in [2.24, 2.45) is 0 Å². The number of hydrogen-bond acceptors (Lipinski definition) is 6. The second-order valence-corrected chi connectivity index (χ2v) is 7.23. The molecule has 9 heteroatoms. The Morgan fingerprint density at radius 3 is 2.62 bits per heavy atom. The van der Waals surface area contributed by atoms with Crippen LogP contribution in [0.4, 0.5) is 11.8 Å². The Balaban J connectivity index is 1.91. The molecule has 0 saturated heterocycles. The van der Waals surface area contributed by atoms with E-state index in [0.717, 1.165) is 12.2 Å². The Hall–Kier alpha value is -1.90. The standard InChI is InChI=1S/C15H20ClN5O2S/c1-3-17-15-20-11(2)9-14(21-15)18-7-8-19-24(22,23)13-6-4-5-12(16)10-13/h4-6,9-10,19H,3,7-8H2,1-2H3,(H2,17,18,20,21). The number of nitrogens with one attached hydrogen (secondary N) is 3. The molecule has 0 amide bonds. The summed E-state index contributed by atoms with van der Waals surface area (Å²) in [6.07, 6.45) is 0. The van der Waals surface area contributed by atoms with Gasteiger partial charge in [-0.25, -0.2) is 18.1 Å². The predicted octanol–water partition coefficient (Wildman–Crippen LogP) is 2.26. The lowest BCUT2D eigenvalue weighted by Crippen LogP contribution is -2.29. The zero-order valence-electron chi connectivity index (χ0n) is 13.5. The number of benzene rings is 1. The number of aromatic nitrogens is 2. The molecule has 0 aliphatic rings. The van der Waals surface area contributed by atoms with Crippen molar-refractivity contribution in [3.63, 3.8) is 0 Å². The van der Waals surface area contributed by atoms with Crippen molar-refractivity contribution in [3.8, 4) is 0 Å². The summed E-state index contributed by atoms with van der Waals surface area (Å²) in [7, 11) is -3.58. The molecule has 0 aliphatic carbocycles. The maximum atomic E-state index is 12.2. The fraction of sp³-hybridized carbons (Fsp3) is 0.333. The zero-order valence-corrected chi connectivity index (χ0v) is 15.1. The molecular formula is C15H20ClN5O2S. The molecule has 0 fully saturated rings. The van der Waals surface area contributed by atoms with E-state index in [2.05, 4.69) is 25.3 Å². The molecule has 0 radical (unpaired) electrons. The number of anilines is 2. The normalized spacial score (nSPS) is 11.3. The molecule has 2 aromatic rings. The molecule has 0 spiro atoms. The third-order valence-electron chi connectivity index (χ3n) is 3.02. The number of halogens is 1. The van der Waals surface area contributed by atoms with Gasteiger partial charge in [-0.15, -0.1) is 0 Å². The Bertz CT molecular complexity index is 798. The largest absolute Gasteiger partial charge is 0.369 e. The Kier molecular flexibility index (Phi) is 6.36. The van der Waals surface area contributed by atoms with E-state index in [1.807, 2.05) is 13.8 Å². The third kappa shape index (κ3) is 5.33. The average Bonchev–Trinajstić information content (AvgIpc) is 2.51. The summed E-state index contributed by atoms with van der Waals surface area (Å²) in [6, 6.07) is 7.93. The molecule has 0 saturated carbocycles. The van der Waals surface area contributed by atoms with Gasteiger partial charge in [0.2, 0.25) is 16.0 Å². The van der Waals surface area contributed by atoms with Gasteiger partial charge in [0.25, 0.3) is 0 Å². The highest BCUT2D eigenvalue weighted by Gasteiger charge is 2.13. The third-order valence-corrected chi connectivity index (χ3v) is 4.71. The summed E-state index contributed by atoms with van der Waals surface area (Å²) in [5, 5.41) is 6.50. The minimum atomic E-state index is -3.58. The minimum Gasteiger partial charge on any atom is -0.369 e. The van der Waals surface area contributed by atoms with Gasteiger partial charge in [0.1, 0.15) is 5.82 Å². The summed E-state index contributed by atoms with van der Waals surface area (Å²) >= 11 is 5.82. The number of sulfonamides is 1. The smallest absolute Gasteiger partial charge is 0.240 e.